The van der Waals surface area contributed by atoms with Crippen molar-refractivity contribution in [3.05, 3.63) is 58.2 Å². The van der Waals surface area contributed by atoms with Gasteiger partial charge in [-0.05, 0) is 48.3 Å². The van der Waals surface area contributed by atoms with Gasteiger partial charge >= 0.3 is 0 Å². The number of allylic oxidation sites excluding steroid dienone is 4. The molecule has 170 valence electrons. The van der Waals surface area contributed by atoms with Crippen LogP contribution in [0.3, 0.4) is 0 Å². The van der Waals surface area contributed by atoms with E-state index < -0.39 is 0 Å². The van der Waals surface area contributed by atoms with Gasteiger partial charge in [-0.1, -0.05) is 76.6 Å². The first-order chi connectivity index (χ1) is 14.8. The van der Waals surface area contributed by atoms with Crippen molar-refractivity contribution in [1.29, 1.82) is 0 Å². The molecule has 1 aromatic rings. The lowest BCUT2D eigenvalue weighted by molar-refractivity contribution is -0.112. The van der Waals surface area contributed by atoms with Crippen molar-refractivity contribution in [3.63, 3.8) is 0 Å². The molecule has 0 N–H and O–H groups in total. The van der Waals surface area contributed by atoms with Crippen LogP contribution >= 0.6 is 0 Å². The number of benzene rings is 1. The van der Waals surface area contributed by atoms with Gasteiger partial charge in [-0.2, -0.15) is 0 Å². The van der Waals surface area contributed by atoms with E-state index in [9.17, 15) is 0 Å². The SMILES string of the molecule is CC(OCCOC1=c2ccccc2=CCC1)OC1=CC=C(C(C(C)C)C(C)(C)C)CC1. The molecule has 0 spiro atoms. The van der Waals surface area contributed by atoms with E-state index in [2.05, 4.69) is 77.1 Å². The second-order valence-electron chi connectivity index (χ2n) is 10.1. The first-order valence-corrected chi connectivity index (χ1v) is 11.8. The summed E-state index contributed by atoms with van der Waals surface area (Å²) in [6.07, 6.45) is 10.4. The van der Waals surface area contributed by atoms with Gasteiger partial charge in [0, 0.05) is 18.1 Å². The first-order valence-electron chi connectivity index (χ1n) is 11.8. The van der Waals surface area contributed by atoms with Crippen molar-refractivity contribution in [1.82, 2.24) is 0 Å². The molecule has 2 unspecified atom stereocenters. The number of rotatable bonds is 9. The fourth-order valence-corrected chi connectivity index (χ4v) is 5.17. The zero-order chi connectivity index (χ0) is 22.4. The van der Waals surface area contributed by atoms with Gasteiger partial charge in [0.15, 0.2) is 6.29 Å². The maximum absolute atomic E-state index is 6.04. The Hall–Kier alpha value is -2.00. The van der Waals surface area contributed by atoms with Crippen LogP contribution in [0.2, 0.25) is 0 Å². The van der Waals surface area contributed by atoms with Crippen LogP contribution in [-0.2, 0) is 14.2 Å². The van der Waals surface area contributed by atoms with Gasteiger partial charge in [-0.15, -0.1) is 0 Å². The Kier molecular flexibility index (Phi) is 8.05. The highest BCUT2D eigenvalue weighted by atomic mass is 16.7. The van der Waals surface area contributed by atoms with E-state index in [1.54, 1.807) is 5.57 Å². The van der Waals surface area contributed by atoms with Crippen molar-refractivity contribution >= 4 is 11.8 Å². The summed E-state index contributed by atoms with van der Waals surface area (Å²) in [7, 11) is 0. The Morgan fingerprint density at radius 2 is 1.71 bits per heavy atom. The molecular formula is C28H40O3. The van der Waals surface area contributed by atoms with Crippen LogP contribution in [0.1, 0.15) is 67.2 Å². The summed E-state index contributed by atoms with van der Waals surface area (Å²) in [5.41, 5.74) is 1.82. The molecule has 0 bridgehead atoms. The molecule has 2 aliphatic carbocycles. The predicted molar refractivity (Wildman–Crippen MR) is 128 cm³/mol. The highest BCUT2D eigenvalue weighted by Crippen LogP contribution is 2.41. The molecule has 2 aliphatic rings. The van der Waals surface area contributed by atoms with Gasteiger partial charge in [-0.25, -0.2) is 0 Å². The molecule has 3 nitrogen and oxygen atoms in total. The lowest BCUT2D eigenvalue weighted by atomic mass is 9.68. The maximum Gasteiger partial charge on any atom is 0.196 e. The molecule has 0 aromatic heterocycles. The topological polar surface area (TPSA) is 27.7 Å². The quantitative estimate of drug-likeness (QED) is 0.377. The number of ether oxygens (including phenoxy) is 3. The highest BCUT2D eigenvalue weighted by Gasteiger charge is 2.31. The number of hydrogen-bond donors (Lipinski definition) is 0. The number of fused-ring (bicyclic) bond motifs is 1. The van der Waals surface area contributed by atoms with E-state index in [4.69, 9.17) is 14.2 Å². The van der Waals surface area contributed by atoms with Crippen LogP contribution in [0.15, 0.2) is 47.7 Å². The minimum Gasteiger partial charge on any atom is -0.495 e. The molecule has 0 heterocycles. The van der Waals surface area contributed by atoms with E-state index in [0.717, 1.165) is 37.2 Å². The van der Waals surface area contributed by atoms with Crippen LogP contribution in [-0.4, -0.2) is 19.5 Å². The third kappa shape index (κ3) is 6.49. The summed E-state index contributed by atoms with van der Waals surface area (Å²) in [5.74, 6) is 3.31. The fraction of sp³-hybridized carbons (Fsp3) is 0.571. The fourth-order valence-electron chi connectivity index (χ4n) is 5.17. The molecule has 31 heavy (non-hydrogen) atoms. The number of hydrogen-bond acceptors (Lipinski definition) is 3. The van der Waals surface area contributed by atoms with E-state index in [-0.39, 0.29) is 11.7 Å². The molecule has 2 atom stereocenters. The summed E-state index contributed by atoms with van der Waals surface area (Å²) >= 11 is 0. The molecule has 0 amide bonds. The minimum absolute atomic E-state index is 0.273. The van der Waals surface area contributed by atoms with Crippen LogP contribution < -0.4 is 10.4 Å². The smallest absolute Gasteiger partial charge is 0.196 e. The molecule has 0 saturated heterocycles. The molecule has 0 radical (unpaired) electrons. The standard InChI is InChI=1S/C28H40O3/c1-20(2)27(28(4,5)6)23-14-16-24(17-15-23)31-21(3)29-18-19-30-26-13-9-11-22-10-7-8-12-25(22)26/h7-8,10-12,14,16,20-21,27H,9,13,15,17-19H2,1-6H3. The van der Waals surface area contributed by atoms with Crippen LogP contribution in [0.4, 0.5) is 0 Å². The van der Waals surface area contributed by atoms with E-state index in [1.807, 2.05) is 6.92 Å². The third-order valence-electron chi connectivity index (χ3n) is 6.17. The van der Waals surface area contributed by atoms with Gasteiger partial charge in [0.05, 0.1) is 12.4 Å². The second-order valence-corrected chi connectivity index (χ2v) is 10.1. The summed E-state index contributed by atoms with van der Waals surface area (Å²) in [5, 5.41) is 2.48. The van der Waals surface area contributed by atoms with Gasteiger partial charge in [0.2, 0.25) is 0 Å². The molecule has 3 heteroatoms. The Labute approximate surface area is 188 Å². The van der Waals surface area contributed by atoms with E-state index in [0.29, 0.717) is 25.0 Å². The summed E-state index contributed by atoms with van der Waals surface area (Å²) < 4.78 is 17.9. The lowest BCUT2D eigenvalue weighted by Crippen LogP contribution is -2.30. The van der Waals surface area contributed by atoms with Gasteiger partial charge in [0.25, 0.3) is 0 Å². The average molecular weight is 425 g/mol. The maximum atomic E-state index is 6.04. The van der Waals surface area contributed by atoms with Crippen LogP contribution in [0.25, 0.3) is 11.8 Å². The van der Waals surface area contributed by atoms with Crippen molar-refractivity contribution in [3.8, 4) is 0 Å². The normalized spacial score (nSPS) is 18.5. The van der Waals surface area contributed by atoms with Crippen molar-refractivity contribution in [2.24, 2.45) is 17.3 Å². The zero-order valence-corrected chi connectivity index (χ0v) is 20.2. The third-order valence-corrected chi connectivity index (χ3v) is 6.17. The lowest BCUT2D eigenvalue weighted by Gasteiger charge is -2.37. The Balaban J connectivity index is 1.48. The van der Waals surface area contributed by atoms with Gasteiger partial charge < -0.3 is 14.2 Å². The molecule has 0 saturated carbocycles. The van der Waals surface area contributed by atoms with Crippen molar-refractivity contribution in [2.75, 3.05) is 13.2 Å². The summed E-state index contributed by atoms with van der Waals surface area (Å²) in [6.45, 7) is 14.7. The predicted octanol–water partition coefficient (Wildman–Crippen LogP) is 5.69. The molecule has 3 rings (SSSR count). The largest absolute Gasteiger partial charge is 0.495 e. The Morgan fingerprint density at radius 3 is 2.39 bits per heavy atom. The molecule has 0 aliphatic heterocycles. The summed E-state index contributed by atoms with van der Waals surface area (Å²) in [4.78, 5) is 0. The summed E-state index contributed by atoms with van der Waals surface area (Å²) in [6, 6.07) is 8.42. The zero-order valence-electron chi connectivity index (χ0n) is 20.2. The van der Waals surface area contributed by atoms with E-state index >= 15 is 0 Å². The van der Waals surface area contributed by atoms with Crippen molar-refractivity contribution in [2.45, 2.75) is 73.5 Å². The average Bonchev–Trinajstić information content (AvgIpc) is 2.71. The molecule has 1 aromatic carbocycles. The van der Waals surface area contributed by atoms with Gasteiger partial charge in [-0.3, -0.25) is 0 Å². The molecule has 0 fully saturated rings. The van der Waals surface area contributed by atoms with Crippen LogP contribution in [0, 0.1) is 17.3 Å². The highest BCUT2D eigenvalue weighted by molar-refractivity contribution is 5.45. The minimum atomic E-state index is -0.273. The Bertz CT molecular complexity index is 914. The Morgan fingerprint density at radius 1 is 0.935 bits per heavy atom. The second kappa shape index (κ2) is 10.5. The van der Waals surface area contributed by atoms with Crippen LogP contribution in [0.5, 0.6) is 0 Å². The van der Waals surface area contributed by atoms with Gasteiger partial charge in [0.1, 0.15) is 12.4 Å². The first kappa shape index (κ1) is 23.7. The monoisotopic (exact) mass is 424 g/mol. The molecular weight excluding hydrogens is 384 g/mol. The van der Waals surface area contributed by atoms with E-state index in [1.165, 1.54) is 10.4 Å². The van der Waals surface area contributed by atoms with Crippen molar-refractivity contribution < 1.29 is 14.2 Å².